The highest BCUT2D eigenvalue weighted by Gasteiger charge is 2.36. The number of amides is 1. The molecule has 0 unspecified atom stereocenters. The van der Waals surface area contributed by atoms with Crippen molar-refractivity contribution in [2.45, 2.75) is 38.6 Å². The van der Waals surface area contributed by atoms with Gasteiger partial charge in [0.25, 0.3) is 5.91 Å². The minimum Gasteiger partial charge on any atom is -0.481 e. The number of nitrogens with zero attached hydrogens (tertiary/aromatic N) is 3. The average molecular weight is 358 g/mol. The average Bonchev–Trinajstić information content (AvgIpc) is 2.93. The Morgan fingerprint density at radius 3 is 2.58 bits per heavy atom. The van der Waals surface area contributed by atoms with Crippen LogP contribution in [0, 0.1) is 13.8 Å². The second-order valence-electron chi connectivity index (χ2n) is 6.66. The molecule has 0 aliphatic carbocycles. The summed E-state index contributed by atoms with van der Waals surface area (Å²) < 4.78 is 7.01. The van der Waals surface area contributed by atoms with Crippen LogP contribution in [-0.4, -0.2) is 50.5 Å². The molecule has 2 aromatic heterocycles. The second kappa shape index (κ2) is 7.25. The standard InChI is InChI=1S/C18H22N4O4/c1-12-9-13(2)22(21-12)15-4-3-14(11-19-15)17(25)20-18(10-16(23)24)5-7-26-8-6-18/h3-4,9,11H,5-8,10H2,1-2H3,(H,20,25)(H,23,24). The second-order valence-corrected chi connectivity index (χ2v) is 6.66. The molecule has 3 heterocycles. The third kappa shape index (κ3) is 3.91. The molecule has 3 rings (SSSR count). The van der Waals surface area contributed by atoms with Crippen LogP contribution < -0.4 is 5.32 Å². The van der Waals surface area contributed by atoms with E-state index in [1.54, 1.807) is 16.8 Å². The molecule has 1 fully saturated rings. The van der Waals surface area contributed by atoms with E-state index in [0.29, 0.717) is 37.4 Å². The molecule has 0 radical (unpaired) electrons. The van der Waals surface area contributed by atoms with Gasteiger partial charge in [0.15, 0.2) is 5.82 Å². The molecule has 0 bridgehead atoms. The molecule has 0 spiro atoms. The van der Waals surface area contributed by atoms with Crippen molar-refractivity contribution in [3.63, 3.8) is 0 Å². The summed E-state index contributed by atoms with van der Waals surface area (Å²) in [5.74, 6) is -0.649. The molecular weight excluding hydrogens is 336 g/mol. The number of nitrogens with one attached hydrogen (secondary N) is 1. The number of pyridine rings is 1. The van der Waals surface area contributed by atoms with E-state index in [-0.39, 0.29) is 12.3 Å². The van der Waals surface area contributed by atoms with Gasteiger partial charge in [-0.1, -0.05) is 0 Å². The maximum atomic E-state index is 12.6. The van der Waals surface area contributed by atoms with Crippen molar-refractivity contribution in [1.82, 2.24) is 20.1 Å². The predicted molar refractivity (Wildman–Crippen MR) is 93.3 cm³/mol. The maximum Gasteiger partial charge on any atom is 0.305 e. The largest absolute Gasteiger partial charge is 0.481 e. The molecule has 0 aromatic carbocycles. The van der Waals surface area contributed by atoms with E-state index in [9.17, 15) is 14.7 Å². The van der Waals surface area contributed by atoms with Crippen LogP contribution in [0.3, 0.4) is 0 Å². The SMILES string of the molecule is Cc1cc(C)n(-c2ccc(C(=O)NC3(CC(=O)O)CCOCC3)cn2)n1. The Labute approximate surface area is 151 Å². The molecule has 1 aliphatic heterocycles. The van der Waals surface area contributed by atoms with Crippen LogP contribution in [0.2, 0.25) is 0 Å². The summed E-state index contributed by atoms with van der Waals surface area (Å²) in [4.78, 5) is 28.1. The monoisotopic (exact) mass is 358 g/mol. The van der Waals surface area contributed by atoms with Crippen molar-refractivity contribution in [3.8, 4) is 5.82 Å². The smallest absolute Gasteiger partial charge is 0.305 e. The lowest BCUT2D eigenvalue weighted by Gasteiger charge is -2.36. The lowest BCUT2D eigenvalue weighted by Crippen LogP contribution is -2.53. The summed E-state index contributed by atoms with van der Waals surface area (Å²) in [5.41, 5.74) is 1.44. The number of carboxylic acid groups (broad SMARTS) is 1. The molecule has 8 heteroatoms. The third-order valence-corrected chi connectivity index (χ3v) is 4.55. The van der Waals surface area contributed by atoms with Crippen LogP contribution in [0.15, 0.2) is 24.4 Å². The molecule has 26 heavy (non-hydrogen) atoms. The van der Waals surface area contributed by atoms with Gasteiger partial charge in [-0.3, -0.25) is 9.59 Å². The van der Waals surface area contributed by atoms with Crippen molar-refractivity contribution in [3.05, 3.63) is 41.3 Å². The molecular formula is C18H22N4O4. The van der Waals surface area contributed by atoms with Crippen molar-refractivity contribution in [2.24, 2.45) is 0 Å². The number of rotatable bonds is 5. The predicted octanol–water partition coefficient (Wildman–Crippen LogP) is 1.64. The lowest BCUT2D eigenvalue weighted by atomic mass is 9.86. The number of carboxylic acids is 1. The number of hydrogen-bond donors (Lipinski definition) is 2. The fourth-order valence-electron chi connectivity index (χ4n) is 3.22. The van der Waals surface area contributed by atoms with Crippen molar-refractivity contribution in [2.75, 3.05) is 13.2 Å². The lowest BCUT2D eigenvalue weighted by molar-refractivity contribution is -0.139. The Morgan fingerprint density at radius 2 is 2.04 bits per heavy atom. The summed E-state index contributed by atoms with van der Waals surface area (Å²) in [5, 5.41) is 16.4. The van der Waals surface area contributed by atoms with Crippen molar-refractivity contribution < 1.29 is 19.4 Å². The van der Waals surface area contributed by atoms with Gasteiger partial charge in [0.05, 0.1) is 23.2 Å². The van der Waals surface area contributed by atoms with Crippen LogP contribution >= 0.6 is 0 Å². The summed E-state index contributed by atoms with van der Waals surface area (Å²) in [7, 11) is 0. The van der Waals surface area contributed by atoms with Gasteiger partial charge in [0, 0.05) is 25.1 Å². The Morgan fingerprint density at radius 1 is 1.31 bits per heavy atom. The van der Waals surface area contributed by atoms with E-state index >= 15 is 0 Å². The van der Waals surface area contributed by atoms with Crippen molar-refractivity contribution in [1.29, 1.82) is 0 Å². The quantitative estimate of drug-likeness (QED) is 0.841. The number of carbonyl (C=O) groups is 2. The Kier molecular flexibility index (Phi) is 5.03. The highest BCUT2D eigenvalue weighted by molar-refractivity contribution is 5.94. The first-order valence-corrected chi connectivity index (χ1v) is 8.50. The number of aryl methyl sites for hydroxylation is 2. The number of carbonyl (C=O) groups excluding carboxylic acids is 1. The van der Waals surface area contributed by atoms with Gasteiger partial charge in [-0.15, -0.1) is 0 Å². The molecule has 0 atom stereocenters. The first kappa shape index (κ1) is 18.1. The van der Waals surface area contributed by atoms with Gasteiger partial charge in [-0.2, -0.15) is 5.10 Å². The molecule has 8 nitrogen and oxygen atoms in total. The zero-order valence-corrected chi connectivity index (χ0v) is 14.9. The Balaban J connectivity index is 1.76. The zero-order valence-electron chi connectivity index (χ0n) is 14.9. The van der Waals surface area contributed by atoms with E-state index in [0.717, 1.165) is 11.4 Å². The van der Waals surface area contributed by atoms with Crippen molar-refractivity contribution >= 4 is 11.9 Å². The zero-order chi connectivity index (χ0) is 18.7. The van der Waals surface area contributed by atoms with Crippen LogP contribution in [0.1, 0.15) is 41.0 Å². The minimum absolute atomic E-state index is 0.126. The third-order valence-electron chi connectivity index (χ3n) is 4.55. The fraction of sp³-hybridized carbons (Fsp3) is 0.444. The highest BCUT2D eigenvalue weighted by atomic mass is 16.5. The number of hydrogen-bond acceptors (Lipinski definition) is 5. The summed E-state index contributed by atoms with van der Waals surface area (Å²) >= 11 is 0. The van der Waals surface area contributed by atoms with E-state index in [4.69, 9.17) is 4.74 Å². The summed E-state index contributed by atoms with van der Waals surface area (Å²) in [6, 6.07) is 5.34. The number of aromatic nitrogens is 3. The van der Waals surface area contributed by atoms with Gasteiger partial charge < -0.3 is 15.2 Å². The number of ether oxygens (including phenoxy) is 1. The highest BCUT2D eigenvalue weighted by Crippen LogP contribution is 2.25. The molecule has 2 aromatic rings. The summed E-state index contributed by atoms with van der Waals surface area (Å²) in [6.45, 7) is 4.70. The van der Waals surface area contributed by atoms with Gasteiger partial charge in [-0.25, -0.2) is 9.67 Å². The minimum atomic E-state index is -0.940. The van der Waals surface area contributed by atoms with E-state index in [2.05, 4.69) is 15.4 Å². The molecule has 1 aliphatic rings. The van der Waals surface area contributed by atoms with Crippen LogP contribution in [-0.2, 0) is 9.53 Å². The maximum absolute atomic E-state index is 12.6. The Bertz CT molecular complexity index is 807. The first-order valence-electron chi connectivity index (χ1n) is 8.50. The van der Waals surface area contributed by atoms with E-state index < -0.39 is 11.5 Å². The van der Waals surface area contributed by atoms with Crippen LogP contribution in [0.25, 0.3) is 5.82 Å². The molecule has 2 N–H and O–H groups in total. The van der Waals surface area contributed by atoms with E-state index in [1.165, 1.54) is 6.20 Å². The van der Waals surface area contributed by atoms with Gasteiger partial charge in [0.2, 0.25) is 0 Å². The number of aliphatic carboxylic acids is 1. The topological polar surface area (TPSA) is 106 Å². The summed E-state index contributed by atoms with van der Waals surface area (Å²) in [6.07, 6.45) is 2.30. The normalized spacial score (nSPS) is 16.2. The molecule has 1 saturated heterocycles. The van der Waals surface area contributed by atoms with Crippen LogP contribution in [0.4, 0.5) is 0 Å². The fourth-order valence-corrected chi connectivity index (χ4v) is 3.22. The Hall–Kier alpha value is -2.74. The molecule has 0 saturated carbocycles. The molecule has 138 valence electrons. The van der Waals surface area contributed by atoms with Gasteiger partial charge >= 0.3 is 5.97 Å². The van der Waals surface area contributed by atoms with Crippen LogP contribution in [0.5, 0.6) is 0 Å². The van der Waals surface area contributed by atoms with Gasteiger partial charge in [0.1, 0.15) is 0 Å². The van der Waals surface area contributed by atoms with Gasteiger partial charge in [-0.05, 0) is 44.9 Å². The van der Waals surface area contributed by atoms with E-state index in [1.807, 2.05) is 19.9 Å². The molecule has 1 amide bonds. The first-order chi connectivity index (χ1) is 12.4.